The largest absolute Gasteiger partial charge is 0.476 e. The van der Waals surface area contributed by atoms with Crippen LogP contribution >= 0.6 is 35.3 Å². The van der Waals surface area contributed by atoms with Crippen LogP contribution in [0.3, 0.4) is 0 Å². The molecule has 0 spiro atoms. The number of hydrogen-bond acceptors (Lipinski definition) is 5. The highest BCUT2D eigenvalue weighted by molar-refractivity contribution is 14.0. The molecule has 3 heterocycles. The summed E-state index contributed by atoms with van der Waals surface area (Å²) in [6, 6.07) is 6.73. The van der Waals surface area contributed by atoms with Crippen molar-refractivity contribution >= 4 is 46.3 Å². The molecule has 0 radical (unpaired) electrons. The molecule has 2 N–H and O–H groups in total. The number of nitrogens with one attached hydrogen (secondary N) is 2. The Bertz CT molecular complexity index is 778. The number of aromatic nitrogens is 1. The number of pyridine rings is 1. The third kappa shape index (κ3) is 7.18. The second-order valence-electron chi connectivity index (χ2n) is 6.59. The lowest BCUT2D eigenvalue weighted by Crippen LogP contribution is -2.49. The van der Waals surface area contributed by atoms with Crippen LogP contribution in [0.4, 0.5) is 18.2 Å². The number of ether oxygens (including phenoxy) is 1. The molecule has 1 aliphatic heterocycles. The Balaban J connectivity index is 0.00000320. The van der Waals surface area contributed by atoms with Crippen LogP contribution in [-0.2, 0) is 6.18 Å². The molecule has 2 aromatic heterocycles. The van der Waals surface area contributed by atoms with E-state index in [-0.39, 0.29) is 36.5 Å². The lowest BCUT2D eigenvalue weighted by atomic mass is 10.1. The smallest absolute Gasteiger partial charge is 0.417 e. The second-order valence-corrected chi connectivity index (χ2v) is 7.51. The van der Waals surface area contributed by atoms with E-state index in [4.69, 9.17) is 4.74 Å². The van der Waals surface area contributed by atoms with Gasteiger partial charge in [0.25, 0.3) is 0 Å². The van der Waals surface area contributed by atoms with Crippen LogP contribution in [0.15, 0.2) is 40.8 Å². The van der Waals surface area contributed by atoms with Gasteiger partial charge >= 0.3 is 6.18 Å². The van der Waals surface area contributed by atoms with Crippen molar-refractivity contribution in [3.63, 3.8) is 0 Å². The van der Waals surface area contributed by atoms with Crippen molar-refractivity contribution in [1.29, 1.82) is 0 Å². The van der Waals surface area contributed by atoms with E-state index in [1.807, 2.05) is 0 Å². The molecule has 1 saturated heterocycles. The minimum atomic E-state index is -4.40. The van der Waals surface area contributed by atoms with Gasteiger partial charge in [0, 0.05) is 38.4 Å². The lowest BCUT2D eigenvalue weighted by Gasteiger charge is -2.33. The first-order valence-electron chi connectivity index (χ1n) is 9.37. The van der Waals surface area contributed by atoms with E-state index in [1.54, 1.807) is 18.4 Å². The number of aliphatic imine (C=N–C) groups is 1. The SMILES string of the molecule is CN=C(NCCOc1ccc(C(F)(F)F)cn1)NC1CCN(c2cccs2)CC1.I. The highest BCUT2D eigenvalue weighted by atomic mass is 127. The fourth-order valence-corrected chi connectivity index (χ4v) is 3.83. The maximum absolute atomic E-state index is 12.5. The predicted octanol–water partition coefficient (Wildman–Crippen LogP) is 3.99. The predicted molar refractivity (Wildman–Crippen MR) is 124 cm³/mol. The fourth-order valence-electron chi connectivity index (χ4n) is 3.04. The summed E-state index contributed by atoms with van der Waals surface area (Å²) in [5.74, 6) is 0.840. The molecule has 11 heteroatoms. The van der Waals surface area contributed by atoms with Crippen molar-refractivity contribution in [3.8, 4) is 5.88 Å². The van der Waals surface area contributed by atoms with Crippen LogP contribution in [0.25, 0.3) is 0 Å². The molecular weight excluding hydrogens is 530 g/mol. The zero-order chi connectivity index (χ0) is 20.7. The number of hydrogen-bond donors (Lipinski definition) is 2. The molecule has 0 bridgehead atoms. The third-order valence-corrected chi connectivity index (χ3v) is 5.51. The Morgan fingerprint density at radius 3 is 2.63 bits per heavy atom. The zero-order valence-electron chi connectivity index (χ0n) is 16.5. The lowest BCUT2D eigenvalue weighted by molar-refractivity contribution is -0.137. The van der Waals surface area contributed by atoms with Gasteiger partial charge in [-0.2, -0.15) is 13.2 Å². The number of alkyl halides is 3. The van der Waals surface area contributed by atoms with Crippen LogP contribution in [0.2, 0.25) is 0 Å². The monoisotopic (exact) mass is 555 g/mol. The van der Waals surface area contributed by atoms with Gasteiger partial charge in [-0.1, -0.05) is 0 Å². The van der Waals surface area contributed by atoms with Crippen molar-refractivity contribution in [1.82, 2.24) is 15.6 Å². The van der Waals surface area contributed by atoms with E-state index < -0.39 is 11.7 Å². The molecule has 166 valence electrons. The summed E-state index contributed by atoms with van der Waals surface area (Å²) in [7, 11) is 1.70. The van der Waals surface area contributed by atoms with E-state index in [0.29, 0.717) is 18.5 Å². The molecule has 6 nitrogen and oxygen atoms in total. The van der Waals surface area contributed by atoms with Gasteiger partial charge in [0.15, 0.2) is 5.96 Å². The first-order chi connectivity index (χ1) is 14.0. The van der Waals surface area contributed by atoms with E-state index in [9.17, 15) is 13.2 Å². The minimum absolute atomic E-state index is 0. The van der Waals surface area contributed by atoms with Gasteiger partial charge in [0.2, 0.25) is 5.88 Å². The number of rotatable bonds is 6. The number of guanidine groups is 1. The van der Waals surface area contributed by atoms with Crippen LogP contribution in [0, 0.1) is 0 Å². The zero-order valence-corrected chi connectivity index (χ0v) is 19.6. The van der Waals surface area contributed by atoms with Gasteiger partial charge in [0.1, 0.15) is 6.61 Å². The summed E-state index contributed by atoms with van der Waals surface area (Å²) >= 11 is 1.76. The Hall–Kier alpha value is -1.76. The van der Waals surface area contributed by atoms with Crippen molar-refractivity contribution in [2.75, 3.05) is 38.2 Å². The van der Waals surface area contributed by atoms with E-state index in [0.717, 1.165) is 38.2 Å². The maximum Gasteiger partial charge on any atom is 0.417 e. The average Bonchev–Trinajstić information content (AvgIpc) is 3.25. The van der Waals surface area contributed by atoms with Crippen molar-refractivity contribution in [3.05, 3.63) is 41.4 Å². The molecule has 0 atom stereocenters. The van der Waals surface area contributed by atoms with Gasteiger partial charge in [-0.3, -0.25) is 4.99 Å². The van der Waals surface area contributed by atoms with Gasteiger partial charge < -0.3 is 20.3 Å². The molecule has 0 aromatic carbocycles. The third-order valence-electron chi connectivity index (χ3n) is 4.59. The summed E-state index contributed by atoms with van der Waals surface area (Å²) in [5, 5.41) is 9.97. The number of piperidine rings is 1. The van der Waals surface area contributed by atoms with Crippen LogP contribution in [-0.4, -0.2) is 50.3 Å². The van der Waals surface area contributed by atoms with Crippen molar-refractivity contribution in [2.45, 2.75) is 25.1 Å². The van der Waals surface area contributed by atoms with Gasteiger partial charge in [-0.05, 0) is 36.4 Å². The van der Waals surface area contributed by atoms with Crippen LogP contribution in [0.5, 0.6) is 5.88 Å². The normalized spacial score (nSPS) is 15.5. The van der Waals surface area contributed by atoms with E-state index in [2.05, 4.69) is 43.0 Å². The topological polar surface area (TPSA) is 61.8 Å². The van der Waals surface area contributed by atoms with Gasteiger partial charge in [0.05, 0.1) is 17.1 Å². The first-order valence-corrected chi connectivity index (χ1v) is 10.3. The Labute approximate surface area is 195 Å². The molecule has 2 aromatic rings. The molecule has 1 aliphatic rings. The standard InChI is InChI=1S/C19H24F3N5OS.HI/c1-23-18(26-15-6-9-27(10-7-15)17-3-2-12-29-17)24-8-11-28-16-5-4-14(13-25-16)19(20,21)22;/h2-5,12-13,15H,6-11H2,1H3,(H2,23,24,26);1H. The molecule has 30 heavy (non-hydrogen) atoms. The Morgan fingerprint density at radius 2 is 2.07 bits per heavy atom. The van der Waals surface area contributed by atoms with Gasteiger partial charge in [-0.25, -0.2) is 4.98 Å². The molecular formula is C19H25F3IN5OS. The van der Waals surface area contributed by atoms with E-state index in [1.165, 1.54) is 11.1 Å². The number of halogens is 4. The highest BCUT2D eigenvalue weighted by Crippen LogP contribution is 2.29. The Morgan fingerprint density at radius 1 is 1.30 bits per heavy atom. The van der Waals surface area contributed by atoms with Crippen LogP contribution < -0.4 is 20.3 Å². The van der Waals surface area contributed by atoms with Crippen molar-refractivity contribution in [2.24, 2.45) is 4.99 Å². The van der Waals surface area contributed by atoms with E-state index >= 15 is 0 Å². The first kappa shape index (κ1) is 24.5. The molecule has 1 fully saturated rings. The summed E-state index contributed by atoms with van der Waals surface area (Å²) < 4.78 is 43.0. The molecule has 0 aliphatic carbocycles. The molecule has 0 unspecified atom stereocenters. The number of thiophene rings is 1. The van der Waals surface area contributed by atoms with Gasteiger partial charge in [-0.15, -0.1) is 35.3 Å². The summed E-state index contributed by atoms with van der Waals surface area (Å²) in [5.41, 5.74) is -0.794. The summed E-state index contributed by atoms with van der Waals surface area (Å²) in [6.07, 6.45) is -1.59. The summed E-state index contributed by atoms with van der Waals surface area (Å²) in [6.45, 7) is 2.71. The average molecular weight is 555 g/mol. The molecule has 0 saturated carbocycles. The quantitative estimate of drug-likeness (QED) is 0.245. The maximum atomic E-state index is 12.5. The van der Waals surface area contributed by atoms with Crippen molar-refractivity contribution < 1.29 is 17.9 Å². The highest BCUT2D eigenvalue weighted by Gasteiger charge is 2.30. The minimum Gasteiger partial charge on any atom is -0.476 e. The summed E-state index contributed by atoms with van der Waals surface area (Å²) in [4.78, 5) is 10.3. The Kier molecular flexibility index (Phi) is 9.46. The molecule has 3 rings (SSSR count). The van der Waals surface area contributed by atoms with Crippen LogP contribution in [0.1, 0.15) is 18.4 Å². The molecule has 0 amide bonds. The number of nitrogens with zero attached hydrogens (tertiary/aromatic N) is 3. The number of anilines is 1. The fraction of sp³-hybridized carbons (Fsp3) is 0.474. The second kappa shape index (κ2) is 11.6.